The Morgan fingerprint density at radius 3 is 0.275 bits per heavy atom. The lowest BCUT2D eigenvalue weighted by Gasteiger charge is -2.27. The van der Waals surface area contributed by atoms with Gasteiger partial charge < -0.3 is 38.4 Å². The molecule has 0 aliphatic carbocycles. The second kappa shape index (κ2) is 32.9. The maximum absolute atomic E-state index is 8.66. The Hall–Kier alpha value is 1.85. The molecule has 0 aliphatic rings. The van der Waals surface area contributed by atoms with Crippen LogP contribution in [0.5, 0.6) is 0 Å². The first-order chi connectivity index (χ1) is 19.4. The summed E-state index contributed by atoms with van der Waals surface area (Å²) < 4.78 is 11.8. The van der Waals surface area contributed by atoms with E-state index >= 15 is 0 Å². The minimum atomic E-state index is -1.61. The third kappa shape index (κ3) is 672. The van der Waals surface area contributed by atoms with Crippen molar-refractivity contribution in [3.05, 3.63) is 0 Å². The van der Waals surface area contributed by atoms with Gasteiger partial charge in [-0.15, -0.1) is 0 Å². The highest BCUT2D eigenvalue weighted by Gasteiger charge is 2.25. The van der Waals surface area contributed by atoms with Crippen molar-refractivity contribution < 1.29 is 38.4 Å². The summed E-state index contributed by atoms with van der Waals surface area (Å²) in [6, 6.07) is 0. The lowest BCUT2D eigenvalue weighted by molar-refractivity contribution is 0.558. The molecule has 0 saturated carbocycles. The zero-order valence-corrected chi connectivity index (χ0v) is 50.6. The maximum atomic E-state index is 8.66. The fraction of sp³-hybridized carbons (Fsp3) is 1.00. The molecule has 0 saturated heterocycles. The van der Waals surface area contributed by atoms with Crippen LogP contribution in [0.15, 0.2) is 0 Å². The van der Waals surface area contributed by atoms with Gasteiger partial charge in [-0.2, -0.15) is 0 Å². The average molecular weight is 914 g/mol. The first kappa shape index (κ1) is 81.1. The zero-order chi connectivity index (χ0) is 42.4. The SMILES string of the molecule is C.C[Si](C)(C)C.C[Si](C)(C)C.C[Si](C)(C)O.C[Si](C)(C)O.C[Si](C)(C)O.C[Si](C)(C)O.C[Si](C)(C)O[Si](C)(C)C.C[Si](C)(C)O[Si](C)(C)C.O.O. The molecule has 8 nitrogen and oxygen atoms in total. The van der Waals surface area contributed by atoms with E-state index in [1.165, 1.54) is 0 Å². The molecule has 0 amide bonds. The third-order valence-corrected chi connectivity index (χ3v) is 11.0. The molecular formula is C33H108O8Si10. The Morgan fingerprint density at radius 2 is 0.275 bits per heavy atom. The van der Waals surface area contributed by atoms with Gasteiger partial charge in [0.05, 0.1) is 0 Å². The summed E-state index contributed by atoms with van der Waals surface area (Å²) in [4.78, 5) is 34.6. The molecule has 328 valence electrons. The molecule has 0 heterocycles. The molecule has 18 heteroatoms. The van der Waals surface area contributed by atoms with Gasteiger partial charge >= 0.3 is 0 Å². The molecule has 8 N–H and O–H groups in total. The van der Waals surface area contributed by atoms with E-state index in [2.05, 4.69) is 131 Å². The molecule has 51 heavy (non-hydrogen) atoms. The highest BCUT2D eigenvalue weighted by molar-refractivity contribution is 6.84. The van der Waals surface area contributed by atoms with E-state index < -0.39 is 82.7 Å². The van der Waals surface area contributed by atoms with Crippen LogP contribution in [-0.2, 0) is 8.23 Å². The Bertz CT molecular complexity index is 530. The average Bonchev–Trinajstić information content (AvgIpc) is 2.35. The first-order valence-electron chi connectivity index (χ1n) is 17.7. The molecule has 0 aromatic carbocycles. The van der Waals surface area contributed by atoms with Gasteiger partial charge in [0, 0.05) is 16.1 Å². The van der Waals surface area contributed by atoms with Crippen LogP contribution in [0.25, 0.3) is 0 Å². The van der Waals surface area contributed by atoms with Gasteiger partial charge in [-0.05, 0) is 157 Å². The highest BCUT2D eigenvalue weighted by Crippen LogP contribution is 2.13. The van der Waals surface area contributed by atoms with Crippen LogP contribution in [0.3, 0.4) is 0 Å². The summed E-state index contributed by atoms with van der Waals surface area (Å²) in [6.07, 6.45) is 0. The van der Waals surface area contributed by atoms with E-state index in [1.54, 1.807) is 0 Å². The summed E-state index contributed by atoms with van der Waals surface area (Å²) in [5.74, 6) is 0. The molecule has 0 spiro atoms. The molecule has 0 unspecified atom stereocenters. The monoisotopic (exact) mass is 913 g/mol. The fourth-order valence-electron chi connectivity index (χ4n) is 1.84. The molecule has 0 atom stereocenters. The van der Waals surface area contributed by atoms with Gasteiger partial charge in [-0.3, -0.25) is 0 Å². The Labute approximate surface area is 336 Å². The predicted octanol–water partition coefficient (Wildman–Crippen LogP) is 11.5. The van der Waals surface area contributed by atoms with Gasteiger partial charge in [0.1, 0.15) is 0 Å². The van der Waals surface area contributed by atoms with Crippen molar-refractivity contribution in [2.45, 2.75) is 217 Å². The van der Waals surface area contributed by atoms with E-state index in [0.717, 1.165) is 0 Å². The normalized spacial score (nSPS) is 12.0. The van der Waals surface area contributed by atoms with Gasteiger partial charge in [0.15, 0.2) is 66.5 Å². The molecule has 0 fully saturated rings. The minimum absolute atomic E-state index is 0. The van der Waals surface area contributed by atoms with Crippen LogP contribution in [0.2, 0.25) is 210 Å². The lowest BCUT2D eigenvalue weighted by Crippen LogP contribution is -2.39. The van der Waals surface area contributed by atoms with Gasteiger partial charge in [-0.1, -0.05) is 59.8 Å². The van der Waals surface area contributed by atoms with E-state index in [9.17, 15) is 0 Å². The van der Waals surface area contributed by atoms with Crippen LogP contribution in [0, 0.1) is 0 Å². The van der Waals surface area contributed by atoms with Gasteiger partial charge in [-0.25, -0.2) is 0 Å². The molecule has 0 radical (unpaired) electrons. The van der Waals surface area contributed by atoms with E-state index in [-0.39, 0.29) is 18.4 Å². The van der Waals surface area contributed by atoms with Crippen LogP contribution in [0.4, 0.5) is 0 Å². The van der Waals surface area contributed by atoms with Crippen molar-refractivity contribution >= 4 is 82.7 Å². The van der Waals surface area contributed by atoms with Crippen LogP contribution in [0.1, 0.15) is 7.43 Å². The van der Waals surface area contributed by atoms with Crippen molar-refractivity contribution in [2.75, 3.05) is 0 Å². The second-order valence-corrected chi connectivity index (χ2v) is 71.2. The first-order valence-corrected chi connectivity index (χ1v) is 53.1. The van der Waals surface area contributed by atoms with Crippen molar-refractivity contribution in [2.24, 2.45) is 0 Å². The van der Waals surface area contributed by atoms with Gasteiger partial charge in [0.25, 0.3) is 0 Å². The van der Waals surface area contributed by atoms with Crippen molar-refractivity contribution in [1.29, 1.82) is 0 Å². The molecule has 0 aromatic rings. The quantitative estimate of drug-likeness (QED) is 0.205. The number of hydrogen-bond donors (Lipinski definition) is 4. The largest absolute Gasteiger partial charge is 0.456 e. The predicted molar refractivity (Wildman–Crippen MR) is 270 cm³/mol. The molecular weight excluding hydrogens is 805 g/mol. The van der Waals surface area contributed by atoms with E-state index in [0.29, 0.717) is 0 Å². The zero-order valence-electron chi connectivity index (χ0n) is 40.6. The molecule has 0 rings (SSSR count). The van der Waals surface area contributed by atoms with Crippen molar-refractivity contribution in [3.8, 4) is 0 Å². The Balaban J connectivity index is -0.0000000401. The number of hydrogen-bond acceptors (Lipinski definition) is 6. The summed E-state index contributed by atoms with van der Waals surface area (Å²) >= 11 is 0. The summed E-state index contributed by atoms with van der Waals surface area (Å²) in [5.41, 5.74) is 0. The molecule has 0 aliphatic heterocycles. The minimum Gasteiger partial charge on any atom is -0.456 e. The summed E-state index contributed by atoms with van der Waals surface area (Å²) in [6.45, 7) is 68.1. The Morgan fingerprint density at radius 1 is 0.235 bits per heavy atom. The molecule has 0 bridgehead atoms. The van der Waals surface area contributed by atoms with Crippen molar-refractivity contribution in [3.63, 3.8) is 0 Å². The third-order valence-electron chi connectivity index (χ3n) is 1.22. The van der Waals surface area contributed by atoms with Gasteiger partial charge in [0.2, 0.25) is 0 Å². The maximum Gasteiger partial charge on any atom is 0.179 e. The van der Waals surface area contributed by atoms with E-state index in [4.69, 9.17) is 27.4 Å². The highest BCUT2D eigenvalue weighted by atomic mass is 28.4. The topological polar surface area (TPSA) is 162 Å². The van der Waals surface area contributed by atoms with Crippen LogP contribution < -0.4 is 0 Å². The standard InChI is InChI=1S/2C6H18OSi2.2C4H12Si.4C3H10OSi.CH4.2H2O/c2*1-8(2,3)7-9(4,5)6;6*1-5(2,3)4;;;/h2*1-6H3;2*1-4H3;4*4H,1-3H3;1H4;2*1H2. The van der Waals surface area contributed by atoms with Crippen LogP contribution >= 0.6 is 0 Å². The number of rotatable bonds is 4. The van der Waals surface area contributed by atoms with Crippen LogP contribution in [-0.4, -0.2) is 113 Å². The summed E-state index contributed by atoms with van der Waals surface area (Å²) in [5, 5.41) is 0. The molecule has 0 aromatic heterocycles. The lowest BCUT2D eigenvalue weighted by atomic mass is 11.8. The smallest absolute Gasteiger partial charge is 0.179 e. The van der Waals surface area contributed by atoms with E-state index in [1.807, 2.05) is 78.6 Å². The fourth-order valence-corrected chi connectivity index (χ4v) is 16.5. The second-order valence-electron chi connectivity index (χ2n) is 23.3. The Kier molecular flexibility index (Phi) is 52.3. The van der Waals surface area contributed by atoms with Crippen molar-refractivity contribution in [1.82, 2.24) is 0 Å². The summed E-state index contributed by atoms with van der Waals surface area (Å²) in [7, 11) is -12.6.